The Bertz CT molecular complexity index is 621. The summed E-state index contributed by atoms with van der Waals surface area (Å²) >= 11 is 0. The maximum absolute atomic E-state index is 10.9. The molecular formula is C17H22N2O4. The Hall–Kier alpha value is -2.21. The van der Waals surface area contributed by atoms with Crippen molar-refractivity contribution in [2.75, 3.05) is 13.7 Å². The first-order valence-electron chi connectivity index (χ1n) is 7.88. The van der Waals surface area contributed by atoms with Gasteiger partial charge in [-0.1, -0.05) is 19.3 Å². The number of hydrogen-bond acceptors (Lipinski definition) is 5. The van der Waals surface area contributed by atoms with Crippen molar-refractivity contribution in [3.8, 4) is 11.5 Å². The van der Waals surface area contributed by atoms with Crippen molar-refractivity contribution >= 4 is 11.6 Å². The van der Waals surface area contributed by atoms with E-state index in [1.165, 1.54) is 19.3 Å². The Kier molecular flexibility index (Phi) is 4.43. The molecule has 1 aromatic rings. The highest BCUT2D eigenvalue weighted by Crippen LogP contribution is 2.39. The Morgan fingerprint density at radius 3 is 2.78 bits per heavy atom. The zero-order valence-electron chi connectivity index (χ0n) is 13.3. The highest BCUT2D eigenvalue weighted by atomic mass is 16.7. The lowest BCUT2D eigenvalue weighted by Crippen LogP contribution is -2.31. The molecule has 1 fully saturated rings. The summed E-state index contributed by atoms with van der Waals surface area (Å²) < 4.78 is 10.7. The van der Waals surface area contributed by atoms with Gasteiger partial charge in [0.25, 0.3) is 5.91 Å². The number of benzene rings is 1. The summed E-state index contributed by atoms with van der Waals surface area (Å²) in [5, 5.41) is 0. The number of nitrogens with one attached hydrogen (secondary N) is 1. The third-order valence-electron chi connectivity index (χ3n) is 4.32. The molecule has 6 nitrogen and oxygen atoms in total. The van der Waals surface area contributed by atoms with Crippen LogP contribution in [0.15, 0.2) is 24.3 Å². The highest BCUT2D eigenvalue weighted by molar-refractivity contribution is 5.75. The molecule has 0 aromatic heterocycles. The van der Waals surface area contributed by atoms with Gasteiger partial charge in [-0.25, -0.2) is 0 Å². The molecule has 1 saturated carbocycles. The molecule has 1 spiro atoms. The first-order valence-corrected chi connectivity index (χ1v) is 7.88. The van der Waals surface area contributed by atoms with Crippen molar-refractivity contribution in [1.82, 2.24) is 5.48 Å². The van der Waals surface area contributed by atoms with Crippen LogP contribution >= 0.6 is 0 Å². The second-order valence-electron chi connectivity index (χ2n) is 6.01. The number of methoxy groups -OCH3 is 1. The van der Waals surface area contributed by atoms with E-state index in [1.54, 1.807) is 13.2 Å². The highest BCUT2D eigenvalue weighted by Gasteiger charge is 2.36. The van der Waals surface area contributed by atoms with Crippen molar-refractivity contribution in [2.24, 2.45) is 5.73 Å². The summed E-state index contributed by atoms with van der Waals surface area (Å²) in [7, 11) is 1.55. The number of rotatable bonds is 5. The lowest BCUT2D eigenvalue weighted by atomic mass is 9.84. The van der Waals surface area contributed by atoms with Crippen molar-refractivity contribution in [2.45, 2.75) is 37.7 Å². The van der Waals surface area contributed by atoms with Crippen molar-refractivity contribution in [3.63, 3.8) is 0 Å². The smallest absolute Gasteiger partial charge is 0.255 e. The molecule has 1 heterocycles. The molecule has 2 aliphatic rings. The minimum atomic E-state index is -0.528. The van der Waals surface area contributed by atoms with E-state index in [9.17, 15) is 4.79 Å². The van der Waals surface area contributed by atoms with Gasteiger partial charge in [0, 0.05) is 5.56 Å². The molecule has 1 aliphatic heterocycles. The van der Waals surface area contributed by atoms with E-state index in [1.807, 2.05) is 12.1 Å². The molecule has 0 unspecified atom stereocenters. The van der Waals surface area contributed by atoms with Crippen LogP contribution in [0.3, 0.4) is 0 Å². The predicted molar refractivity (Wildman–Crippen MR) is 85.7 cm³/mol. The first-order chi connectivity index (χ1) is 11.1. The SMILES string of the molecule is COc1ccc(C2=CC3(CCCCC3)ON2)cc1OCC(N)=O. The van der Waals surface area contributed by atoms with Crippen LogP contribution in [0.1, 0.15) is 37.7 Å². The molecule has 3 N–H and O–H groups in total. The molecule has 6 heteroatoms. The first kappa shape index (κ1) is 15.7. The van der Waals surface area contributed by atoms with Gasteiger partial charge in [0.05, 0.1) is 12.8 Å². The van der Waals surface area contributed by atoms with Crippen molar-refractivity contribution < 1.29 is 19.1 Å². The zero-order chi connectivity index (χ0) is 16.3. The number of hydroxylamine groups is 1. The van der Waals surface area contributed by atoms with E-state index in [4.69, 9.17) is 20.0 Å². The molecule has 0 saturated heterocycles. The molecule has 124 valence electrons. The van der Waals surface area contributed by atoms with E-state index in [2.05, 4.69) is 11.6 Å². The molecule has 0 bridgehead atoms. The Labute approximate surface area is 135 Å². The summed E-state index contributed by atoms with van der Waals surface area (Å²) in [5.41, 5.74) is 9.82. The second-order valence-corrected chi connectivity index (χ2v) is 6.01. The number of nitrogens with two attached hydrogens (primary N) is 1. The topological polar surface area (TPSA) is 82.8 Å². The van der Waals surface area contributed by atoms with Crippen LogP contribution in [0.2, 0.25) is 0 Å². The standard InChI is InChI=1S/C17H22N2O4/c1-21-14-6-5-12(9-15(14)22-11-16(18)20)13-10-17(23-19-13)7-3-2-4-8-17/h5-6,9-10,19H,2-4,7-8,11H2,1H3,(H2,18,20). The van der Waals surface area contributed by atoms with Gasteiger partial charge in [0.2, 0.25) is 0 Å². The van der Waals surface area contributed by atoms with Crippen LogP contribution in [-0.2, 0) is 9.63 Å². The molecular weight excluding hydrogens is 296 g/mol. The maximum atomic E-state index is 10.9. The van der Waals surface area contributed by atoms with E-state index >= 15 is 0 Å². The fraction of sp³-hybridized carbons (Fsp3) is 0.471. The van der Waals surface area contributed by atoms with Gasteiger partial charge in [-0.2, -0.15) is 0 Å². The number of hydrogen-bond donors (Lipinski definition) is 2. The van der Waals surface area contributed by atoms with Crippen LogP contribution in [0.5, 0.6) is 11.5 Å². The van der Waals surface area contributed by atoms with Gasteiger partial charge in [0.15, 0.2) is 18.1 Å². The van der Waals surface area contributed by atoms with Gasteiger partial charge in [-0.05, 0) is 37.1 Å². The summed E-state index contributed by atoms with van der Waals surface area (Å²) in [6.07, 6.45) is 7.85. The van der Waals surface area contributed by atoms with Gasteiger partial charge in [0.1, 0.15) is 5.60 Å². The van der Waals surface area contributed by atoms with Crippen LogP contribution in [-0.4, -0.2) is 25.2 Å². The zero-order valence-corrected chi connectivity index (χ0v) is 13.3. The van der Waals surface area contributed by atoms with E-state index in [0.29, 0.717) is 11.5 Å². The minimum absolute atomic E-state index is 0.188. The van der Waals surface area contributed by atoms with Crippen LogP contribution in [0, 0.1) is 0 Å². The number of amides is 1. The van der Waals surface area contributed by atoms with Crippen LogP contribution in [0.4, 0.5) is 0 Å². The summed E-state index contributed by atoms with van der Waals surface area (Å²) in [5.74, 6) is 0.512. The molecule has 3 rings (SSSR count). The molecule has 1 aromatic carbocycles. The predicted octanol–water partition coefficient (Wildman–Crippen LogP) is 2.14. The van der Waals surface area contributed by atoms with Crippen molar-refractivity contribution in [3.05, 3.63) is 29.8 Å². The average molecular weight is 318 g/mol. The number of ether oxygens (including phenoxy) is 2. The molecule has 23 heavy (non-hydrogen) atoms. The van der Waals surface area contributed by atoms with Crippen LogP contribution in [0.25, 0.3) is 5.70 Å². The largest absolute Gasteiger partial charge is 0.493 e. The lowest BCUT2D eigenvalue weighted by molar-refractivity contribution is -0.119. The fourth-order valence-corrected chi connectivity index (χ4v) is 3.12. The molecule has 1 aliphatic carbocycles. The minimum Gasteiger partial charge on any atom is -0.493 e. The third-order valence-corrected chi connectivity index (χ3v) is 4.32. The maximum Gasteiger partial charge on any atom is 0.255 e. The molecule has 0 atom stereocenters. The van der Waals surface area contributed by atoms with E-state index in [0.717, 1.165) is 24.1 Å². The second kappa shape index (κ2) is 6.50. The Balaban J connectivity index is 1.83. The van der Waals surface area contributed by atoms with E-state index < -0.39 is 5.91 Å². The average Bonchev–Trinajstić information content (AvgIpc) is 2.96. The van der Waals surface area contributed by atoms with Gasteiger partial charge in [-0.3, -0.25) is 15.1 Å². The normalized spacial score (nSPS) is 19.1. The summed E-state index contributed by atoms with van der Waals surface area (Å²) in [6.45, 7) is -0.188. The number of carbonyl (C=O) groups is 1. The van der Waals surface area contributed by atoms with Gasteiger partial charge < -0.3 is 15.2 Å². The molecule has 1 amide bonds. The Morgan fingerprint density at radius 2 is 2.09 bits per heavy atom. The Morgan fingerprint density at radius 1 is 1.30 bits per heavy atom. The number of carbonyl (C=O) groups excluding carboxylic acids is 1. The monoisotopic (exact) mass is 318 g/mol. The third kappa shape index (κ3) is 3.42. The van der Waals surface area contributed by atoms with Crippen molar-refractivity contribution in [1.29, 1.82) is 0 Å². The van der Waals surface area contributed by atoms with Gasteiger partial charge >= 0.3 is 0 Å². The number of primary amides is 1. The quantitative estimate of drug-likeness (QED) is 0.869. The van der Waals surface area contributed by atoms with Crippen LogP contribution < -0.4 is 20.7 Å². The fourth-order valence-electron chi connectivity index (χ4n) is 3.12. The summed E-state index contributed by atoms with van der Waals surface area (Å²) in [4.78, 5) is 16.8. The van der Waals surface area contributed by atoms with Gasteiger partial charge in [-0.15, -0.1) is 0 Å². The molecule has 0 radical (unpaired) electrons. The lowest BCUT2D eigenvalue weighted by Gasteiger charge is -2.29. The summed E-state index contributed by atoms with van der Waals surface area (Å²) in [6, 6.07) is 5.56. The van der Waals surface area contributed by atoms with E-state index in [-0.39, 0.29) is 12.2 Å².